The lowest BCUT2D eigenvalue weighted by Crippen LogP contribution is -2.43. The normalized spacial score (nSPS) is 14.0. The van der Waals surface area contributed by atoms with E-state index in [-0.39, 0.29) is 17.4 Å². The molecule has 1 aromatic heterocycles. The van der Waals surface area contributed by atoms with E-state index >= 15 is 0 Å². The average molecular weight is 330 g/mol. The van der Waals surface area contributed by atoms with Gasteiger partial charge in [-0.15, -0.1) is 0 Å². The van der Waals surface area contributed by atoms with Gasteiger partial charge in [0.2, 0.25) is 0 Å². The Labute approximate surface area is 143 Å². The van der Waals surface area contributed by atoms with Crippen LogP contribution in [0.25, 0.3) is 0 Å². The monoisotopic (exact) mass is 330 g/mol. The van der Waals surface area contributed by atoms with Crippen LogP contribution in [0.1, 0.15) is 40.2 Å². The fourth-order valence-electron chi connectivity index (χ4n) is 2.30. The van der Waals surface area contributed by atoms with Gasteiger partial charge in [-0.05, 0) is 37.0 Å². The number of benzene rings is 1. The second kappa shape index (κ2) is 7.47. The molecule has 0 spiro atoms. The number of carbonyl (C=O) groups excluding carboxylic acids is 1. The summed E-state index contributed by atoms with van der Waals surface area (Å²) in [5, 5.41) is 6.95. The van der Waals surface area contributed by atoms with Crippen LogP contribution in [0, 0.1) is 0 Å². The third-order valence-corrected chi connectivity index (χ3v) is 3.72. The predicted molar refractivity (Wildman–Crippen MR) is 92.9 cm³/mol. The number of hydrogen-bond acceptors (Lipinski definition) is 4. The van der Waals surface area contributed by atoms with Crippen LogP contribution in [0.2, 0.25) is 0 Å². The van der Waals surface area contributed by atoms with Crippen molar-refractivity contribution in [1.82, 2.24) is 20.1 Å². The topological polar surface area (TPSA) is 69.0 Å². The summed E-state index contributed by atoms with van der Waals surface area (Å²) in [5.74, 6) is 0.539. The molecule has 2 rings (SSSR count). The van der Waals surface area contributed by atoms with E-state index in [1.807, 2.05) is 31.2 Å². The summed E-state index contributed by atoms with van der Waals surface area (Å²) >= 11 is 0. The highest BCUT2D eigenvalue weighted by Crippen LogP contribution is 2.24. The first-order chi connectivity index (χ1) is 11.3. The minimum atomic E-state index is -0.566. The average Bonchev–Trinajstić information content (AvgIpc) is 2.99. The summed E-state index contributed by atoms with van der Waals surface area (Å²) in [4.78, 5) is 16.1. The van der Waals surface area contributed by atoms with Crippen molar-refractivity contribution >= 4 is 5.91 Å². The van der Waals surface area contributed by atoms with Gasteiger partial charge in [0, 0.05) is 6.04 Å². The molecule has 0 radical (unpaired) electrons. The van der Waals surface area contributed by atoms with Crippen molar-refractivity contribution in [1.29, 1.82) is 0 Å². The molecular weight excluding hydrogens is 304 g/mol. The van der Waals surface area contributed by atoms with E-state index < -0.39 is 6.10 Å². The molecule has 6 nitrogen and oxygen atoms in total. The zero-order valence-corrected chi connectivity index (χ0v) is 15.0. The minimum absolute atomic E-state index is 0.0616. The van der Waals surface area contributed by atoms with Crippen LogP contribution in [-0.4, -0.2) is 32.8 Å². The van der Waals surface area contributed by atoms with Crippen molar-refractivity contribution in [3.05, 3.63) is 42.5 Å². The van der Waals surface area contributed by atoms with Crippen LogP contribution in [-0.2, 0) is 16.8 Å². The van der Waals surface area contributed by atoms with E-state index in [1.165, 1.54) is 11.9 Å². The van der Waals surface area contributed by atoms with Gasteiger partial charge in [0.05, 0.1) is 6.54 Å². The van der Waals surface area contributed by atoms with Crippen LogP contribution >= 0.6 is 0 Å². The van der Waals surface area contributed by atoms with Crippen LogP contribution in [0.4, 0.5) is 0 Å². The van der Waals surface area contributed by atoms with Crippen molar-refractivity contribution in [3.8, 4) is 5.75 Å². The molecule has 2 atom stereocenters. The third kappa shape index (κ3) is 5.08. The first-order valence-electron chi connectivity index (χ1n) is 8.15. The van der Waals surface area contributed by atoms with Gasteiger partial charge in [-0.25, -0.2) is 4.98 Å². The number of amides is 1. The molecule has 2 unspecified atom stereocenters. The number of hydrogen-bond donors (Lipinski definition) is 1. The summed E-state index contributed by atoms with van der Waals surface area (Å²) in [6.45, 7) is 10.7. The lowest BCUT2D eigenvalue weighted by Gasteiger charge is -2.21. The van der Waals surface area contributed by atoms with E-state index in [2.05, 4.69) is 36.2 Å². The fraction of sp³-hybridized carbons (Fsp3) is 0.500. The predicted octanol–water partition coefficient (Wildman–Crippen LogP) is 2.55. The first-order valence-corrected chi connectivity index (χ1v) is 8.15. The first kappa shape index (κ1) is 18.0. The van der Waals surface area contributed by atoms with E-state index in [0.29, 0.717) is 12.3 Å². The van der Waals surface area contributed by atoms with Crippen LogP contribution in [0.15, 0.2) is 36.9 Å². The highest BCUT2D eigenvalue weighted by molar-refractivity contribution is 5.80. The summed E-state index contributed by atoms with van der Waals surface area (Å²) in [6, 6.07) is 7.82. The highest BCUT2D eigenvalue weighted by Gasteiger charge is 2.18. The molecule has 0 saturated heterocycles. The van der Waals surface area contributed by atoms with Gasteiger partial charge < -0.3 is 10.1 Å². The van der Waals surface area contributed by atoms with E-state index in [1.54, 1.807) is 17.9 Å². The molecule has 0 fully saturated rings. The molecule has 0 aliphatic rings. The van der Waals surface area contributed by atoms with Crippen LogP contribution in [0.3, 0.4) is 0 Å². The third-order valence-electron chi connectivity index (χ3n) is 3.72. The number of carbonyl (C=O) groups is 1. The van der Waals surface area contributed by atoms with E-state index in [0.717, 1.165) is 0 Å². The maximum Gasteiger partial charge on any atom is 0.261 e. The minimum Gasteiger partial charge on any atom is -0.481 e. The number of rotatable bonds is 6. The molecule has 2 aromatic rings. The molecule has 0 aliphatic heterocycles. The zero-order chi connectivity index (χ0) is 17.7. The van der Waals surface area contributed by atoms with E-state index in [4.69, 9.17) is 4.74 Å². The van der Waals surface area contributed by atoms with Gasteiger partial charge >= 0.3 is 0 Å². The maximum absolute atomic E-state index is 12.2. The summed E-state index contributed by atoms with van der Waals surface area (Å²) in [5.41, 5.74) is 1.33. The fourth-order valence-corrected chi connectivity index (χ4v) is 2.30. The van der Waals surface area contributed by atoms with Crippen molar-refractivity contribution in [2.24, 2.45) is 0 Å². The Bertz CT molecular complexity index is 645. The largest absolute Gasteiger partial charge is 0.481 e. The molecule has 24 heavy (non-hydrogen) atoms. The van der Waals surface area contributed by atoms with Gasteiger partial charge in [0.15, 0.2) is 6.10 Å². The van der Waals surface area contributed by atoms with Crippen molar-refractivity contribution in [2.75, 3.05) is 0 Å². The van der Waals surface area contributed by atoms with Gasteiger partial charge in [-0.3, -0.25) is 9.48 Å². The smallest absolute Gasteiger partial charge is 0.261 e. The van der Waals surface area contributed by atoms with E-state index in [9.17, 15) is 4.79 Å². The summed E-state index contributed by atoms with van der Waals surface area (Å²) < 4.78 is 7.42. The van der Waals surface area contributed by atoms with Gasteiger partial charge in [-0.1, -0.05) is 32.9 Å². The molecule has 1 N–H and O–H groups in total. The Morgan fingerprint density at radius 2 is 1.92 bits per heavy atom. The molecule has 1 amide bonds. The lowest BCUT2D eigenvalue weighted by molar-refractivity contribution is -0.128. The van der Waals surface area contributed by atoms with Gasteiger partial charge in [0.25, 0.3) is 5.91 Å². The standard InChI is InChI=1S/C18H26N4O2/c1-13(10-22-12-19-11-20-22)21-17(23)14(2)24-16-8-6-15(7-9-16)18(3,4)5/h6-9,11-14H,10H2,1-5H3,(H,21,23). The number of ether oxygens (including phenoxy) is 1. The summed E-state index contributed by atoms with van der Waals surface area (Å²) in [6.07, 6.45) is 2.53. The molecule has 1 heterocycles. The quantitative estimate of drug-likeness (QED) is 0.884. The Balaban J connectivity index is 1.86. The van der Waals surface area contributed by atoms with Gasteiger partial charge in [-0.2, -0.15) is 5.10 Å². The molecule has 0 aliphatic carbocycles. The van der Waals surface area contributed by atoms with Crippen LogP contribution in [0.5, 0.6) is 5.75 Å². The number of nitrogens with one attached hydrogen (secondary N) is 1. The maximum atomic E-state index is 12.2. The second-order valence-corrected chi connectivity index (χ2v) is 7.06. The van der Waals surface area contributed by atoms with Crippen molar-refractivity contribution < 1.29 is 9.53 Å². The SMILES string of the molecule is CC(Cn1cncn1)NC(=O)C(C)Oc1ccc(C(C)(C)C)cc1. The molecule has 6 heteroatoms. The summed E-state index contributed by atoms with van der Waals surface area (Å²) in [7, 11) is 0. The lowest BCUT2D eigenvalue weighted by atomic mass is 9.87. The molecule has 130 valence electrons. The van der Waals surface area contributed by atoms with Crippen LogP contribution < -0.4 is 10.1 Å². The number of aromatic nitrogens is 3. The molecule has 0 bridgehead atoms. The zero-order valence-electron chi connectivity index (χ0n) is 15.0. The molecular formula is C18H26N4O2. The molecule has 0 saturated carbocycles. The molecule has 1 aromatic carbocycles. The van der Waals surface area contributed by atoms with Crippen molar-refractivity contribution in [3.63, 3.8) is 0 Å². The Kier molecular flexibility index (Phi) is 5.59. The van der Waals surface area contributed by atoms with Crippen molar-refractivity contribution in [2.45, 2.75) is 58.7 Å². The Hall–Kier alpha value is -2.37. The highest BCUT2D eigenvalue weighted by atomic mass is 16.5. The second-order valence-electron chi connectivity index (χ2n) is 7.06. The Morgan fingerprint density at radius 1 is 1.25 bits per heavy atom. The van der Waals surface area contributed by atoms with Gasteiger partial charge in [0.1, 0.15) is 18.4 Å². The number of nitrogens with zero attached hydrogens (tertiary/aromatic N) is 3. The Morgan fingerprint density at radius 3 is 2.46 bits per heavy atom.